The molecule has 0 aromatic heterocycles. The van der Waals surface area contributed by atoms with Crippen LogP contribution in [0.3, 0.4) is 0 Å². The van der Waals surface area contributed by atoms with Crippen molar-refractivity contribution in [3.8, 4) is 0 Å². The van der Waals surface area contributed by atoms with E-state index < -0.39 is 22.4 Å². The molecule has 1 aromatic rings. The molecule has 1 aromatic carbocycles. The molecule has 0 atom stereocenters. The van der Waals surface area contributed by atoms with Gasteiger partial charge in [0, 0.05) is 18.6 Å². The van der Waals surface area contributed by atoms with E-state index in [9.17, 15) is 23.3 Å². The molecule has 0 spiro atoms. The van der Waals surface area contributed by atoms with Crippen LogP contribution in [0.1, 0.15) is 11.1 Å². The zero-order chi connectivity index (χ0) is 10.9. The van der Waals surface area contributed by atoms with E-state index in [2.05, 4.69) is 0 Å². The molecule has 0 unspecified atom stereocenters. The molecule has 0 bridgehead atoms. The van der Waals surface area contributed by atoms with Gasteiger partial charge in [-0.1, -0.05) is 6.07 Å². The molecular formula is C8H4F3NO2. The van der Waals surface area contributed by atoms with Gasteiger partial charge in [-0.3, -0.25) is 10.1 Å². The van der Waals surface area contributed by atoms with Crippen molar-refractivity contribution in [1.82, 2.24) is 0 Å². The van der Waals surface area contributed by atoms with Crippen molar-refractivity contribution < 1.29 is 18.1 Å². The lowest BCUT2D eigenvalue weighted by molar-refractivity contribution is -0.385. The lowest BCUT2D eigenvalue weighted by Gasteiger charge is -2.06. The summed E-state index contributed by atoms with van der Waals surface area (Å²) in [4.78, 5) is 9.31. The van der Waals surface area contributed by atoms with E-state index in [0.29, 0.717) is 12.1 Å². The minimum Gasteiger partial charge on any atom is -0.258 e. The minimum absolute atomic E-state index is 0.289. The second kappa shape index (κ2) is 3.28. The van der Waals surface area contributed by atoms with Crippen molar-refractivity contribution >= 4 is 5.69 Å². The number of hydrogen-bond donors (Lipinski definition) is 0. The first-order valence-electron chi connectivity index (χ1n) is 3.43. The Labute approximate surface area is 77.3 Å². The lowest BCUT2D eigenvalue weighted by Crippen LogP contribution is -2.05. The van der Waals surface area contributed by atoms with Gasteiger partial charge in [-0.2, -0.15) is 13.2 Å². The monoisotopic (exact) mass is 203 g/mol. The predicted octanol–water partition coefficient (Wildman–Crippen LogP) is 2.67. The van der Waals surface area contributed by atoms with Gasteiger partial charge in [0.15, 0.2) is 0 Å². The van der Waals surface area contributed by atoms with Crippen molar-refractivity contribution in [3.63, 3.8) is 0 Å². The topological polar surface area (TPSA) is 43.1 Å². The largest absolute Gasteiger partial charge is 0.416 e. The molecule has 0 aliphatic heterocycles. The van der Waals surface area contributed by atoms with Crippen LogP contribution < -0.4 is 0 Å². The fourth-order valence-corrected chi connectivity index (χ4v) is 0.878. The molecule has 0 heterocycles. The van der Waals surface area contributed by atoms with E-state index in [0.717, 1.165) is 6.07 Å². The van der Waals surface area contributed by atoms with Gasteiger partial charge < -0.3 is 0 Å². The molecule has 0 amide bonds. The molecule has 3 nitrogen and oxygen atoms in total. The predicted molar refractivity (Wildman–Crippen MR) is 41.5 cm³/mol. The fourth-order valence-electron chi connectivity index (χ4n) is 0.878. The standard InChI is InChI=1S/C8H4F3NO2/c1-5-2-3-6(8(9,10)11)4-7(5)12(13)14/h1-4H. The molecule has 0 N–H and O–H groups in total. The Hall–Kier alpha value is -1.59. The fraction of sp³-hybridized carbons (Fsp3) is 0.125. The highest BCUT2D eigenvalue weighted by Gasteiger charge is 2.32. The molecule has 2 radical (unpaired) electrons. The molecule has 0 fully saturated rings. The average Bonchev–Trinajstić information content (AvgIpc) is 2.02. The highest BCUT2D eigenvalue weighted by atomic mass is 19.4. The van der Waals surface area contributed by atoms with E-state index >= 15 is 0 Å². The Morgan fingerprint density at radius 3 is 2.36 bits per heavy atom. The molecule has 74 valence electrons. The minimum atomic E-state index is -4.60. The number of benzene rings is 1. The normalized spacial score (nSPS) is 11.4. The summed E-state index contributed by atoms with van der Waals surface area (Å²) in [6.45, 7) is 5.12. The summed E-state index contributed by atoms with van der Waals surface area (Å²) < 4.78 is 36.3. The van der Waals surface area contributed by atoms with Gasteiger partial charge in [-0.25, -0.2) is 0 Å². The van der Waals surface area contributed by atoms with Gasteiger partial charge >= 0.3 is 6.18 Å². The van der Waals surface area contributed by atoms with Crippen LogP contribution >= 0.6 is 0 Å². The smallest absolute Gasteiger partial charge is 0.258 e. The van der Waals surface area contributed by atoms with Crippen LogP contribution in [0.4, 0.5) is 18.9 Å². The summed E-state index contributed by atoms with van der Waals surface area (Å²) in [6, 6.07) is 1.97. The Morgan fingerprint density at radius 2 is 1.93 bits per heavy atom. The second-order valence-corrected chi connectivity index (χ2v) is 2.53. The van der Waals surface area contributed by atoms with Crippen molar-refractivity contribution in [3.05, 3.63) is 46.4 Å². The third-order valence-electron chi connectivity index (χ3n) is 1.55. The van der Waals surface area contributed by atoms with Crippen LogP contribution in [-0.4, -0.2) is 4.92 Å². The Balaban J connectivity index is 3.27. The van der Waals surface area contributed by atoms with Crippen LogP contribution in [0, 0.1) is 17.0 Å². The third-order valence-corrected chi connectivity index (χ3v) is 1.55. The zero-order valence-electron chi connectivity index (χ0n) is 6.71. The summed E-state index contributed by atoms with van der Waals surface area (Å²) in [5.74, 6) is 0. The first-order chi connectivity index (χ1) is 6.32. The number of halogens is 3. The van der Waals surface area contributed by atoms with Crippen LogP contribution in [0.5, 0.6) is 0 Å². The Bertz CT molecular complexity index is 373. The molecule has 1 rings (SSSR count). The van der Waals surface area contributed by atoms with E-state index in [-0.39, 0.29) is 5.56 Å². The average molecular weight is 203 g/mol. The Morgan fingerprint density at radius 1 is 1.36 bits per heavy atom. The number of nitrogens with zero attached hydrogens (tertiary/aromatic N) is 1. The summed E-state index contributed by atoms with van der Waals surface area (Å²) in [6.07, 6.45) is -4.60. The maximum absolute atomic E-state index is 12.1. The van der Waals surface area contributed by atoms with Crippen molar-refractivity contribution in [1.29, 1.82) is 0 Å². The molecule has 0 saturated heterocycles. The van der Waals surface area contributed by atoms with E-state index in [1.807, 2.05) is 0 Å². The molecule has 0 aliphatic carbocycles. The Kier molecular flexibility index (Phi) is 2.46. The number of nitro benzene ring substituents is 1. The maximum Gasteiger partial charge on any atom is 0.416 e. The summed E-state index contributed by atoms with van der Waals surface area (Å²) in [5, 5.41) is 10.3. The van der Waals surface area contributed by atoms with E-state index in [1.165, 1.54) is 0 Å². The maximum atomic E-state index is 12.1. The van der Waals surface area contributed by atoms with Gasteiger partial charge in [-0.05, 0) is 6.07 Å². The van der Waals surface area contributed by atoms with Crippen molar-refractivity contribution in [2.75, 3.05) is 0 Å². The first-order valence-corrected chi connectivity index (χ1v) is 3.43. The van der Waals surface area contributed by atoms with Gasteiger partial charge in [-0.15, -0.1) is 0 Å². The van der Waals surface area contributed by atoms with Crippen LogP contribution in [-0.2, 0) is 6.18 Å². The molecule has 14 heavy (non-hydrogen) atoms. The number of alkyl halides is 3. The summed E-state index contributed by atoms with van der Waals surface area (Å²) in [5.41, 5.74) is -2.11. The molecular weight excluding hydrogens is 199 g/mol. The molecule has 0 saturated carbocycles. The van der Waals surface area contributed by atoms with Gasteiger partial charge in [0.2, 0.25) is 0 Å². The van der Waals surface area contributed by atoms with E-state index in [1.54, 1.807) is 0 Å². The van der Waals surface area contributed by atoms with Crippen molar-refractivity contribution in [2.45, 2.75) is 6.18 Å². The van der Waals surface area contributed by atoms with Gasteiger partial charge in [0.25, 0.3) is 5.69 Å². The molecule has 6 heteroatoms. The highest BCUT2D eigenvalue weighted by molar-refractivity contribution is 5.45. The zero-order valence-corrected chi connectivity index (χ0v) is 6.71. The summed E-state index contributed by atoms with van der Waals surface area (Å²) >= 11 is 0. The second-order valence-electron chi connectivity index (χ2n) is 2.53. The van der Waals surface area contributed by atoms with Gasteiger partial charge in [0.1, 0.15) is 0 Å². The lowest BCUT2D eigenvalue weighted by atomic mass is 10.1. The highest BCUT2D eigenvalue weighted by Crippen LogP contribution is 2.32. The van der Waals surface area contributed by atoms with Crippen molar-refractivity contribution in [2.24, 2.45) is 0 Å². The quantitative estimate of drug-likeness (QED) is 0.520. The van der Waals surface area contributed by atoms with Crippen LogP contribution in [0.15, 0.2) is 18.2 Å². The SMILES string of the molecule is [CH]c1ccc(C(F)(F)F)cc1[N+](=O)[O-]. The number of nitro groups is 1. The van der Waals surface area contributed by atoms with Crippen LogP contribution in [0.25, 0.3) is 0 Å². The van der Waals surface area contributed by atoms with E-state index in [4.69, 9.17) is 6.92 Å². The molecule has 0 aliphatic rings. The number of hydrogen-bond acceptors (Lipinski definition) is 2. The summed E-state index contributed by atoms with van der Waals surface area (Å²) in [7, 11) is 0. The number of rotatable bonds is 1. The first kappa shape index (κ1) is 10.5. The van der Waals surface area contributed by atoms with Gasteiger partial charge in [0.05, 0.1) is 10.5 Å². The van der Waals surface area contributed by atoms with Crippen LogP contribution in [0.2, 0.25) is 0 Å². The third kappa shape index (κ3) is 2.01.